The molecular weight excluding hydrogens is 396 g/mol. The van der Waals surface area contributed by atoms with Gasteiger partial charge in [-0.2, -0.15) is 0 Å². The average Bonchev–Trinajstić information content (AvgIpc) is 3.16. The highest BCUT2D eigenvalue weighted by Gasteiger charge is 2.15. The topological polar surface area (TPSA) is 56.5 Å². The highest BCUT2D eigenvalue weighted by Crippen LogP contribution is 2.27. The van der Waals surface area contributed by atoms with E-state index in [-0.39, 0.29) is 17.8 Å². The Kier molecular flexibility index (Phi) is 5.03. The van der Waals surface area contributed by atoms with E-state index in [1.54, 1.807) is 49.4 Å². The van der Waals surface area contributed by atoms with Crippen LogP contribution in [0.5, 0.6) is 5.75 Å². The Bertz CT molecular complexity index is 1210. The second-order valence-electron chi connectivity index (χ2n) is 6.26. The second kappa shape index (κ2) is 7.62. The van der Waals surface area contributed by atoms with Crippen molar-refractivity contribution in [3.05, 3.63) is 85.9 Å². The molecule has 0 spiro atoms. The molecule has 0 aliphatic carbocycles. The lowest BCUT2D eigenvalue weighted by atomic mass is 10.0. The summed E-state index contributed by atoms with van der Waals surface area (Å²) >= 11 is 7.43. The van der Waals surface area contributed by atoms with Gasteiger partial charge in [0, 0.05) is 16.0 Å². The molecule has 0 aliphatic rings. The van der Waals surface area contributed by atoms with Crippen LogP contribution in [0.3, 0.4) is 0 Å². The van der Waals surface area contributed by atoms with Crippen LogP contribution in [-0.4, -0.2) is 5.97 Å². The molecule has 28 heavy (non-hydrogen) atoms. The SMILES string of the molecule is Cc1oc2cc(OC(=O)Cc3cccs3)ccc2c(=O)c1-c1ccc(Cl)cc1. The van der Waals surface area contributed by atoms with Gasteiger partial charge in [-0.05, 0) is 48.2 Å². The van der Waals surface area contributed by atoms with Crippen LogP contribution >= 0.6 is 22.9 Å². The Hall–Kier alpha value is -2.89. The maximum Gasteiger partial charge on any atom is 0.316 e. The Morgan fingerprint density at radius 3 is 2.64 bits per heavy atom. The van der Waals surface area contributed by atoms with Gasteiger partial charge in [0.15, 0.2) is 0 Å². The quantitative estimate of drug-likeness (QED) is 0.323. The molecule has 2 heterocycles. The standard InChI is InChI=1S/C22H15ClO4S/c1-13-21(14-4-6-15(23)7-5-14)22(25)18-9-8-16(11-19(18)26-13)27-20(24)12-17-3-2-10-28-17/h2-11H,12H2,1H3. The molecule has 6 heteroatoms. The fourth-order valence-electron chi connectivity index (χ4n) is 3.02. The lowest BCUT2D eigenvalue weighted by Gasteiger charge is -2.09. The van der Waals surface area contributed by atoms with Crippen molar-refractivity contribution in [2.24, 2.45) is 0 Å². The highest BCUT2D eigenvalue weighted by atomic mass is 35.5. The zero-order valence-corrected chi connectivity index (χ0v) is 16.5. The predicted octanol–water partition coefficient (Wildman–Crippen LogP) is 5.63. The van der Waals surface area contributed by atoms with Crippen LogP contribution in [-0.2, 0) is 11.2 Å². The number of hydrogen-bond acceptors (Lipinski definition) is 5. The summed E-state index contributed by atoms with van der Waals surface area (Å²) in [4.78, 5) is 26.0. The van der Waals surface area contributed by atoms with Gasteiger partial charge in [0.05, 0.1) is 17.4 Å². The van der Waals surface area contributed by atoms with Gasteiger partial charge in [-0.1, -0.05) is 29.8 Å². The molecule has 2 aromatic carbocycles. The Labute approximate surface area is 170 Å². The zero-order valence-electron chi connectivity index (χ0n) is 14.9. The Morgan fingerprint density at radius 1 is 1.14 bits per heavy atom. The molecule has 0 N–H and O–H groups in total. The number of carbonyl (C=O) groups is 1. The molecule has 0 radical (unpaired) electrons. The summed E-state index contributed by atoms with van der Waals surface area (Å²) in [5, 5.41) is 2.93. The third-order valence-electron chi connectivity index (χ3n) is 4.30. The molecule has 4 aromatic rings. The van der Waals surface area contributed by atoms with E-state index in [1.165, 1.54) is 11.3 Å². The van der Waals surface area contributed by atoms with Crippen LogP contribution in [0.4, 0.5) is 0 Å². The molecule has 0 saturated carbocycles. The first kappa shape index (κ1) is 18.5. The van der Waals surface area contributed by atoms with E-state index in [0.717, 1.165) is 10.4 Å². The van der Waals surface area contributed by atoms with E-state index in [9.17, 15) is 9.59 Å². The van der Waals surface area contributed by atoms with Crippen molar-refractivity contribution in [3.63, 3.8) is 0 Å². The molecule has 0 unspecified atom stereocenters. The molecule has 4 rings (SSSR count). The van der Waals surface area contributed by atoms with Gasteiger partial charge < -0.3 is 9.15 Å². The van der Waals surface area contributed by atoms with E-state index >= 15 is 0 Å². The first-order valence-electron chi connectivity index (χ1n) is 8.58. The molecule has 0 fully saturated rings. The first-order valence-corrected chi connectivity index (χ1v) is 9.83. The van der Waals surface area contributed by atoms with E-state index in [4.69, 9.17) is 20.8 Å². The van der Waals surface area contributed by atoms with Crippen molar-refractivity contribution < 1.29 is 13.9 Å². The summed E-state index contributed by atoms with van der Waals surface area (Å²) in [6, 6.07) is 15.6. The molecule has 0 atom stereocenters. The van der Waals surface area contributed by atoms with Gasteiger partial charge in [0.25, 0.3) is 0 Å². The number of ether oxygens (including phenoxy) is 1. The largest absolute Gasteiger partial charge is 0.460 e. The minimum atomic E-state index is -0.362. The number of esters is 1. The molecule has 0 saturated heterocycles. The normalized spacial score (nSPS) is 10.9. The van der Waals surface area contributed by atoms with Crippen molar-refractivity contribution in [1.82, 2.24) is 0 Å². The number of rotatable bonds is 4. The summed E-state index contributed by atoms with van der Waals surface area (Å²) in [5.41, 5.74) is 1.47. The van der Waals surface area contributed by atoms with E-state index in [0.29, 0.717) is 33.1 Å². The summed E-state index contributed by atoms with van der Waals surface area (Å²) in [5.74, 6) is 0.469. The van der Waals surface area contributed by atoms with Gasteiger partial charge in [0.2, 0.25) is 5.43 Å². The number of benzene rings is 2. The number of hydrogen-bond donors (Lipinski definition) is 0. The minimum Gasteiger partial charge on any atom is -0.460 e. The van der Waals surface area contributed by atoms with Gasteiger partial charge in [-0.3, -0.25) is 9.59 Å². The lowest BCUT2D eigenvalue weighted by Crippen LogP contribution is -2.11. The molecule has 4 nitrogen and oxygen atoms in total. The Morgan fingerprint density at radius 2 is 1.93 bits per heavy atom. The molecule has 140 valence electrons. The van der Waals surface area contributed by atoms with Gasteiger partial charge in [0.1, 0.15) is 17.1 Å². The van der Waals surface area contributed by atoms with Crippen LogP contribution in [0.15, 0.2) is 69.2 Å². The van der Waals surface area contributed by atoms with E-state index < -0.39 is 0 Å². The third-order valence-corrected chi connectivity index (χ3v) is 5.43. The predicted molar refractivity (Wildman–Crippen MR) is 111 cm³/mol. The van der Waals surface area contributed by atoms with Crippen molar-refractivity contribution in [1.29, 1.82) is 0 Å². The fourth-order valence-corrected chi connectivity index (χ4v) is 3.84. The average molecular weight is 411 g/mol. The molecule has 0 amide bonds. The molecule has 0 bridgehead atoms. The number of halogens is 1. The molecule has 2 aromatic heterocycles. The van der Waals surface area contributed by atoms with E-state index in [2.05, 4.69) is 0 Å². The number of thiophene rings is 1. The van der Waals surface area contributed by atoms with Gasteiger partial charge >= 0.3 is 5.97 Å². The van der Waals surface area contributed by atoms with Crippen LogP contribution in [0.25, 0.3) is 22.1 Å². The monoisotopic (exact) mass is 410 g/mol. The maximum atomic E-state index is 13.0. The van der Waals surface area contributed by atoms with Crippen LogP contribution in [0, 0.1) is 6.92 Å². The van der Waals surface area contributed by atoms with Gasteiger partial charge in [-0.25, -0.2) is 0 Å². The Balaban J connectivity index is 1.67. The lowest BCUT2D eigenvalue weighted by molar-refractivity contribution is -0.133. The van der Waals surface area contributed by atoms with Crippen molar-refractivity contribution in [2.75, 3.05) is 0 Å². The summed E-state index contributed by atoms with van der Waals surface area (Å²) in [7, 11) is 0. The number of aryl methyl sites for hydroxylation is 1. The second-order valence-corrected chi connectivity index (χ2v) is 7.73. The zero-order chi connectivity index (χ0) is 19.7. The summed E-state index contributed by atoms with van der Waals surface area (Å²) in [6.07, 6.45) is 0.203. The van der Waals surface area contributed by atoms with Crippen molar-refractivity contribution >= 4 is 39.9 Å². The number of fused-ring (bicyclic) bond motifs is 1. The van der Waals surface area contributed by atoms with Crippen molar-refractivity contribution in [2.45, 2.75) is 13.3 Å². The summed E-state index contributed by atoms with van der Waals surface area (Å²) in [6.45, 7) is 1.74. The fraction of sp³-hybridized carbons (Fsp3) is 0.0909. The minimum absolute atomic E-state index is 0.141. The van der Waals surface area contributed by atoms with Crippen LogP contribution in [0.2, 0.25) is 5.02 Å². The summed E-state index contributed by atoms with van der Waals surface area (Å²) < 4.78 is 11.3. The highest BCUT2D eigenvalue weighted by molar-refractivity contribution is 7.10. The maximum absolute atomic E-state index is 13.0. The smallest absolute Gasteiger partial charge is 0.316 e. The van der Waals surface area contributed by atoms with Gasteiger partial charge in [-0.15, -0.1) is 11.3 Å². The van der Waals surface area contributed by atoms with Crippen molar-refractivity contribution in [3.8, 4) is 16.9 Å². The molecular formula is C22H15ClO4S. The van der Waals surface area contributed by atoms with E-state index in [1.807, 2.05) is 17.5 Å². The third kappa shape index (κ3) is 3.72. The first-order chi connectivity index (χ1) is 13.5. The number of carbonyl (C=O) groups excluding carboxylic acids is 1. The molecule has 0 aliphatic heterocycles. The van der Waals surface area contributed by atoms with Crippen LogP contribution in [0.1, 0.15) is 10.6 Å². The van der Waals surface area contributed by atoms with Crippen LogP contribution < -0.4 is 10.2 Å².